The van der Waals surface area contributed by atoms with Gasteiger partial charge in [-0.15, -0.1) is 0 Å². The molecule has 0 aromatic carbocycles. The highest BCUT2D eigenvalue weighted by molar-refractivity contribution is 5.98. The first kappa shape index (κ1) is 15.4. The number of amides is 1. The van der Waals surface area contributed by atoms with Crippen molar-refractivity contribution in [3.8, 4) is 0 Å². The van der Waals surface area contributed by atoms with Crippen molar-refractivity contribution in [2.75, 3.05) is 6.54 Å². The summed E-state index contributed by atoms with van der Waals surface area (Å²) in [4.78, 5) is 39.9. The van der Waals surface area contributed by atoms with E-state index in [9.17, 15) is 24.8 Å². The van der Waals surface area contributed by atoms with Crippen LogP contribution in [0, 0.1) is 28.9 Å². The molecule has 0 bridgehead atoms. The van der Waals surface area contributed by atoms with E-state index >= 15 is 0 Å². The van der Waals surface area contributed by atoms with Crippen LogP contribution in [0.15, 0.2) is 12.3 Å². The van der Waals surface area contributed by atoms with Gasteiger partial charge in [-0.25, -0.2) is 4.79 Å². The second kappa shape index (κ2) is 5.60. The number of carbonyl (C=O) groups is 2. The average molecular weight is 319 g/mol. The molecule has 0 radical (unpaired) electrons. The summed E-state index contributed by atoms with van der Waals surface area (Å²) in [5.74, 6) is -1.32. The number of fused-ring (bicyclic) bond motifs is 1. The maximum atomic E-state index is 12.8. The fraction of sp³-hybridized carbons (Fsp3) is 0.533. The Morgan fingerprint density at radius 2 is 2.17 bits per heavy atom. The van der Waals surface area contributed by atoms with Crippen molar-refractivity contribution in [2.45, 2.75) is 32.2 Å². The molecule has 8 heteroatoms. The van der Waals surface area contributed by atoms with Crippen LogP contribution in [-0.4, -0.2) is 44.4 Å². The van der Waals surface area contributed by atoms with Crippen LogP contribution in [0.4, 0.5) is 5.69 Å². The number of nitrogens with zero attached hydrogens (tertiary/aromatic N) is 3. The van der Waals surface area contributed by atoms with Crippen LogP contribution in [0.25, 0.3) is 0 Å². The van der Waals surface area contributed by atoms with Gasteiger partial charge in [-0.1, -0.05) is 6.42 Å². The van der Waals surface area contributed by atoms with E-state index in [0.29, 0.717) is 12.2 Å². The van der Waals surface area contributed by atoms with Crippen LogP contribution < -0.4 is 0 Å². The maximum absolute atomic E-state index is 12.8. The van der Waals surface area contributed by atoms with E-state index in [1.807, 2.05) is 0 Å². The van der Waals surface area contributed by atoms with Crippen molar-refractivity contribution in [1.29, 1.82) is 0 Å². The molecule has 3 atom stereocenters. The molecular weight excluding hydrogens is 302 g/mol. The number of rotatable bonds is 3. The monoisotopic (exact) mass is 319 g/mol. The molecule has 3 unspecified atom stereocenters. The molecule has 1 saturated carbocycles. The minimum atomic E-state index is -1.01. The van der Waals surface area contributed by atoms with E-state index in [0.717, 1.165) is 25.5 Å². The molecule has 1 amide bonds. The third-order valence-electron chi connectivity index (χ3n) is 4.92. The molecule has 122 valence electrons. The third-order valence-corrected chi connectivity index (χ3v) is 4.92. The van der Waals surface area contributed by atoms with Gasteiger partial charge in [0.25, 0.3) is 11.6 Å². The van der Waals surface area contributed by atoms with Crippen molar-refractivity contribution >= 4 is 17.6 Å². The van der Waals surface area contributed by atoms with Crippen LogP contribution in [0.5, 0.6) is 0 Å². The Kier molecular flexibility index (Phi) is 3.75. The lowest BCUT2D eigenvalue weighted by Crippen LogP contribution is -2.43. The largest absolute Gasteiger partial charge is 0.480 e. The summed E-state index contributed by atoms with van der Waals surface area (Å²) in [7, 11) is 0. The minimum absolute atomic E-state index is 0.0246. The fourth-order valence-electron chi connectivity index (χ4n) is 3.82. The summed E-state index contributed by atoms with van der Waals surface area (Å²) >= 11 is 0. The number of carboxylic acids is 1. The van der Waals surface area contributed by atoms with Gasteiger partial charge in [0.15, 0.2) is 0 Å². The lowest BCUT2D eigenvalue weighted by Gasteiger charge is -2.24. The van der Waals surface area contributed by atoms with E-state index in [4.69, 9.17) is 0 Å². The van der Waals surface area contributed by atoms with Gasteiger partial charge < -0.3 is 10.0 Å². The molecule has 2 aliphatic rings. The molecule has 0 spiro atoms. The summed E-state index contributed by atoms with van der Waals surface area (Å²) in [6, 6.07) is 0.325. The first-order valence-corrected chi connectivity index (χ1v) is 7.55. The number of aromatic nitrogens is 1. The Balaban J connectivity index is 1.95. The van der Waals surface area contributed by atoms with E-state index < -0.39 is 22.8 Å². The van der Waals surface area contributed by atoms with Gasteiger partial charge in [0.1, 0.15) is 12.2 Å². The highest BCUT2D eigenvalue weighted by Gasteiger charge is 2.49. The van der Waals surface area contributed by atoms with E-state index in [1.165, 1.54) is 11.0 Å². The van der Waals surface area contributed by atoms with Gasteiger partial charge >= 0.3 is 5.97 Å². The topological polar surface area (TPSA) is 114 Å². The van der Waals surface area contributed by atoms with Crippen molar-refractivity contribution in [1.82, 2.24) is 9.88 Å². The number of hydrogen-bond acceptors (Lipinski definition) is 5. The first-order valence-electron chi connectivity index (χ1n) is 7.55. The quantitative estimate of drug-likeness (QED) is 0.669. The molecule has 2 heterocycles. The van der Waals surface area contributed by atoms with Crippen LogP contribution in [0.2, 0.25) is 0 Å². The summed E-state index contributed by atoms with van der Waals surface area (Å²) in [5.41, 5.74) is 0.192. The predicted octanol–water partition coefficient (Wildman–Crippen LogP) is 1.62. The van der Waals surface area contributed by atoms with Crippen molar-refractivity contribution in [3.63, 3.8) is 0 Å². The normalized spacial score (nSPS) is 26.1. The molecule has 1 aliphatic carbocycles. The number of carboxylic acid groups (broad SMARTS) is 1. The Morgan fingerprint density at radius 1 is 1.43 bits per heavy atom. The Hall–Kier alpha value is -2.51. The van der Waals surface area contributed by atoms with Crippen LogP contribution in [0.1, 0.15) is 35.3 Å². The Bertz CT molecular complexity index is 690. The first-order chi connectivity index (χ1) is 10.9. The molecule has 2 fully saturated rings. The zero-order valence-electron chi connectivity index (χ0n) is 12.6. The minimum Gasteiger partial charge on any atom is -0.480 e. The number of likely N-dealkylation sites (tertiary alicyclic amines) is 1. The molecule has 3 rings (SSSR count). The Labute approximate surface area is 132 Å². The highest BCUT2D eigenvalue weighted by Crippen LogP contribution is 2.42. The van der Waals surface area contributed by atoms with Gasteiger partial charge in [0.2, 0.25) is 0 Å². The van der Waals surface area contributed by atoms with E-state index in [1.54, 1.807) is 6.92 Å². The molecule has 8 nitrogen and oxygen atoms in total. The van der Waals surface area contributed by atoms with Crippen molar-refractivity contribution in [3.05, 3.63) is 33.6 Å². The van der Waals surface area contributed by atoms with Gasteiger partial charge in [-0.2, -0.15) is 0 Å². The number of pyridine rings is 1. The zero-order chi connectivity index (χ0) is 16.7. The summed E-state index contributed by atoms with van der Waals surface area (Å²) in [6.45, 7) is 1.98. The van der Waals surface area contributed by atoms with Gasteiger partial charge in [0.05, 0.1) is 16.2 Å². The molecule has 1 N–H and O–H groups in total. The van der Waals surface area contributed by atoms with Gasteiger partial charge in [0, 0.05) is 12.6 Å². The smallest absolute Gasteiger partial charge is 0.326 e. The molecule has 23 heavy (non-hydrogen) atoms. The molecule has 1 aliphatic heterocycles. The average Bonchev–Trinajstić information content (AvgIpc) is 3.06. The molecule has 1 aromatic heterocycles. The third kappa shape index (κ3) is 2.54. The molecule has 1 saturated heterocycles. The second-order valence-corrected chi connectivity index (χ2v) is 6.18. The van der Waals surface area contributed by atoms with Crippen molar-refractivity contribution in [2.24, 2.45) is 11.8 Å². The standard InChI is InChI=1S/C15H17N3O5/c1-8-12(5-10(6-16-8)18(22)23)14(19)17-7-9-3-2-4-11(9)13(17)15(20)21/h5-6,9,11,13H,2-4,7H2,1H3,(H,20,21). The number of carbonyl (C=O) groups excluding carboxylic acids is 1. The maximum Gasteiger partial charge on any atom is 0.326 e. The zero-order valence-corrected chi connectivity index (χ0v) is 12.6. The molecular formula is C15H17N3O5. The summed E-state index contributed by atoms with van der Waals surface area (Å²) < 4.78 is 0. The van der Waals surface area contributed by atoms with Gasteiger partial charge in [-0.05, 0) is 31.6 Å². The Morgan fingerprint density at radius 3 is 2.83 bits per heavy atom. The number of nitro groups is 1. The lowest BCUT2D eigenvalue weighted by atomic mass is 9.94. The predicted molar refractivity (Wildman–Crippen MR) is 78.9 cm³/mol. The van der Waals surface area contributed by atoms with Crippen LogP contribution in [0.3, 0.4) is 0 Å². The number of aryl methyl sites for hydroxylation is 1. The van der Waals surface area contributed by atoms with Crippen LogP contribution in [-0.2, 0) is 4.79 Å². The fourth-order valence-corrected chi connectivity index (χ4v) is 3.82. The van der Waals surface area contributed by atoms with E-state index in [-0.39, 0.29) is 23.1 Å². The number of aliphatic carboxylic acids is 1. The van der Waals surface area contributed by atoms with Gasteiger partial charge in [-0.3, -0.25) is 19.9 Å². The summed E-state index contributed by atoms with van der Waals surface area (Å²) in [6.07, 6.45) is 3.81. The van der Waals surface area contributed by atoms with Crippen LogP contribution >= 0.6 is 0 Å². The highest BCUT2D eigenvalue weighted by atomic mass is 16.6. The second-order valence-electron chi connectivity index (χ2n) is 6.18. The van der Waals surface area contributed by atoms with Crippen molar-refractivity contribution < 1.29 is 19.6 Å². The number of hydrogen-bond donors (Lipinski definition) is 1. The SMILES string of the molecule is Cc1ncc([N+](=O)[O-])cc1C(=O)N1CC2CCCC2C1C(=O)O. The lowest BCUT2D eigenvalue weighted by molar-refractivity contribution is -0.385. The summed E-state index contributed by atoms with van der Waals surface area (Å²) in [5, 5.41) is 20.4. The van der Waals surface area contributed by atoms with E-state index in [2.05, 4.69) is 4.98 Å². The molecule has 1 aromatic rings.